The smallest absolute Gasteiger partial charge is 0.115 e. The van der Waals surface area contributed by atoms with Crippen molar-refractivity contribution in [2.75, 3.05) is 7.05 Å². The quantitative estimate of drug-likeness (QED) is 0.841. The van der Waals surface area contributed by atoms with Crippen molar-refractivity contribution >= 4 is 0 Å². The number of nitrogens with zero attached hydrogens (tertiary/aromatic N) is 2. The second-order valence-corrected chi connectivity index (χ2v) is 4.13. The lowest BCUT2D eigenvalue weighted by Gasteiger charge is -2.13. The van der Waals surface area contributed by atoms with E-state index >= 15 is 0 Å². The molecule has 4 heteroatoms. The van der Waals surface area contributed by atoms with E-state index in [0.29, 0.717) is 5.75 Å². The predicted molar refractivity (Wildman–Crippen MR) is 66.8 cm³/mol. The summed E-state index contributed by atoms with van der Waals surface area (Å²) in [5.41, 5.74) is 2.20. The number of aromatic nitrogens is 2. The molecule has 0 saturated heterocycles. The molecule has 0 saturated carbocycles. The second-order valence-electron chi connectivity index (χ2n) is 4.13. The van der Waals surface area contributed by atoms with E-state index in [1.165, 1.54) is 5.56 Å². The third-order valence-electron chi connectivity index (χ3n) is 2.82. The van der Waals surface area contributed by atoms with Crippen LogP contribution in [-0.4, -0.2) is 21.9 Å². The van der Waals surface area contributed by atoms with Crippen molar-refractivity contribution < 1.29 is 5.11 Å². The monoisotopic (exact) mass is 231 g/mol. The number of benzene rings is 1. The molecular weight excluding hydrogens is 214 g/mol. The number of hydrogen-bond donors (Lipinski definition) is 2. The molecule has 0 aliphatic carbocycles. The molecule has 1 unspecified atom stereocenters. The molecule has 2 N–H and O–H groups in total. The maximum atomic E-state index is 9.24. The molecule has 1 aromatic carbocycles. The zero-order valence-electron chi connectivity index (χ0n) is 10.1. The number of rotatable bonds is 4. The van der Waals surface area contributed by atoms with E-state index in [1.807, 2.05) is 38.5 Å². The Morgan fingerprint density at radius 3 is 2.53 bits per heavy atom. The highest BCUT2D eigenvalue weighted by Crippen LogP contribution is 2.18. The summed E-state index contributed by atoms with van der Waals surface area (Å²) in [5, 5.41) is 16.9. The van der Waals surface area contributed by atoms with Crippen molar-refractivity contribution in [3.8, 4) is 5.75 Å². The van der Waals surface area contributed by atoms with Gasteiger partial charge in [0.2, 0.25) is 0 Å². The third-order valence-corrected chi connectivity index (χ3v) is 2.82. The van der Waals surface area contributed by atoms with Crippen LogP contribution < -0.4 is 5.32 Å². The Morgan fingerprint density at radius 2 is 2.00 bits per heavy atom. The standard InChI is InChI=1S/C13H17N3O/c1-14-13(12-7-8-16(2)15-12)9-10-3-5-11(17)6-4-10/h3-8,13-14,17H,9H2,1-2H3. The van der Waals surface area contributed by atoms with Crippen LogP contribution in [0.15, 0.2) is 36.5 Å². The highest BCUT2D eigenvalue weighted by Gasteiger charge is 2.12. The third kappa shape index (κ3) is 2.85. The fraction of sp³-hybridized carbons (Fsp3) is 0.308. The highest BCUT2D eigenvalue weighted by molar-refractivity contribution is 5.27. The molecule has 17 heavy (non-hydrogen) atoms. The normalized spacial score (nSPS) is 12.6. The highest BCUT2D eigenvalue weighted by atomic mass is 16.3. The number of hydrogen-bond acceptors (Lipinski definition) is 3. The molecule has 90 valence electrons. The van der Waals surface area contributed by atoms with Gasteiger partial charge in [0.05, 0.1) is 11.7 Å². The van der Waals surface area contributed by atoms with Crippen molar-refractivity contribution in [1.29, 1.82) is 0 Å². The molecule has 0 fully saturated rings. The maximum absolute atomic E-state index is 9.24. The number of phenolic OH excluding ortho intramolecular Hbond substituents is 1. The lowest BCUT2D eigenvalue weighted by Crippen LogP contribution is -2.19. The molecule has 1 heterocycles. The fourth-order valence-electron chi connectivity index (χ4n) is 1.84. The number of phenols is 1. The van der Waals surface area contributed by atoms with E-state index in [2.05, 4.69) is 10.4 Å². The molecule has 1 aromatic heterocycles. The number of nitrogens with one attached hydrogen (secondary N) is 1. The van der Waals surface area contributed by atoms with Gasteiger partial charge in [0, 0.05) is 13.2 Å². The minimum atomic E-state index is 0.195. The average Bonchev–Trinajstić information content (AvgIpc) is 2.75. The Bertz CT molecular complexity index is 476. The molecule has 4 nitrogen and oxygen atoms in total. The van der Waals surface area contributed by atoms with Crippen LogP contribution in [0.5, 0.6) is 5.75 Å². The number of aryl methyl sites for hydroxylation is 1. The Kier molecular flexibility index (Phi) is 3.44. The summed E-state index contributed by atoms with van der Waals surface area (Å²) in [7, 11) is 3.84. The van der Waals surface area contributed by atoms with E-state index in [4.69, 9.17) is 0 Å². The van der Waals surface area contributed by atoms with Crippen molar-refractivity contribution in [2.45, 2.75) is 12.5 Å². The molecular formula is C13H17N3O. The summed E-state index contributed by atoms with van der Waals surface area (Å²) >= 11 is 0. The molecule has 0 spiro atoms. The summed E-state index contributed by atoms with van der Waals surface area (Å²) in [6, 6.07) is 9.49. The summed E-state index contributed by atoms with van der Waals surface area (Å²) in [4.78, 5) is 0. The maximum Gasteiger partial charge on any atom is 0.115 e. The van der Waals surface area contributed by atoms with Crippen molar-refractivity contribution in [1.82, 2.24) is 15.1 Å². The minimum absolute atomic E-state index is 0.195. The number of likely N-dealkylation sites (N-methyl/N-ethyl adjacent to an activating group) is 1. The molecule has 0 amide bonds. The predicted octanol–water partition coefficient (Wildman–Crippen LogP) is 1.63. The summed E-state index contributed by atoms with van der Waals surface area (Å²) in [6.07, 6.45) is 2.80. The van der Waals surface area contributed by atoms with Gasteiger partial charge < -0.3 is 10.4 Å². The first kappa shape index (κ1) is 11.7. The van der Waals surface area contributed by atoms with Crippen LogP contribution in [0.25, 0.3) is 0 Å². The molecule has 1 atom stereocenters. The van der Waals surface area contributed by atoms with Gasteiger partial charge in [-0.1, -0.05) is 12.1 Å². The lowest BCUT2D eigenvalue weighted by atomic mass is 10.0. The summed E-state index contributed by atoms with van der Waals surface area (Å²) in [5.74, 6) is 0.299. The minimum Gasteiger partial charge on any atom is -0.508 e. The first-order valence-corrected chi connectivity index (χ1v) is 5.64. The molecule has 0 radical (unpaired) electrons. The Morgan fingerprint density at radius 1 is 1.29 bits per heavy atom. The van der Waals surface area contributed by atoms with E-state index in [-0.39, 0.29) is 6.04 Å². The van der Waals surface area contributed by atoms with Crippen LogP contribution >= 0.6 is 0 Å². The van der Waals surface area contributed by atoms with Gasteiger partial charge >= 0.3 is 0 Å². The van der Waals surface area contributed by atoms with Crippen LogP contribution in [0, 0.1) is 0 Å². The van der Waals surface area contributed by atoms with Crippen molar-refractivity contribution in [2.24, 2.45) is 7.05 Å². The molecule has 0 aliphatic rings. The molecule has 2 rings (SSSR count). The van der Waals surface area contributed by atoms with Crippen LogP contribution in [0.4, 0.5) is 0 Å². The van der Waals surface area contributed by atoms with Gasteiger partial charge in [0.15, 0.2) is 0 Å². The summed E-state index contributed by atoms with van der Waals surface area (Å²) in [6.45, 7) is 0. The second kappa shape index (κ2) is 5.01. The first-order chi connectivity index (χ1) is 8.19. The Labute approximate surface area is 101 Å². The van der Waals surface area contributed by atoms with Crippen LogP contribution in [0.1, 0.15) is 17.3 Å². The Balaban J connectivity index is 2.12. The van der Waals surface area contributed by atoms with Gasteiger partial charge in [-0.05, 0) is 37.2 Å². The van der Waals surface area contributed by atoms with Gasteiger partial charge in [-0.25, -0.2) is 0 Å². The van der Waals surface area contributed by atoms with Crippen LogP contribution in [-0.2, 0) is 13.5 Å². The van der Waals surface area contributed by atoms with Crippen molar-refractivity contribution in [3.05, 3.63) is 47.8 Å². The van der Waals surface area contributed by atoms with Gasteiger partial charge in [-0.15, -0.1) is 0 Å². The first-order valence-electron chi connectivity index (χ1n) is 5.64. The van der Waals surface area contributed by atoms with Gasteiger partial charge in [-0.2, -0.15) is 5.10 Å². The SMILES string of the molecule is CNC(Cc1ccc(O)cc1)c1ccn(C)n1. The van der Waals surface area contributed by atoms with Gasteiger partial charge in [0.25, 0.3) is 0 Å². The summed E-state index contributed by atoms with van der Waals surface area (Å²) < 4.78 is 1.80. The van der Waals surface area contributed by atoms with E-state index in [9.17, 15) is 5.11 Å². The fourth-order valence-corrected chi connectivity index (χ4v) is 1.84. The lowest BCUT2D eigenvalue weighted by molar-refractivity contribution is 0.474. The molecule has 2 aromatic rings. The Hall–Kier alpha value is -1.81. The van der Waals surface area contributed by atoms with E-state index < -0.39 is 0 Å². The average molecular weight is 231 g/mol. The topological polar surface area (TPSA) is 50.1 Å². The van der Waals surface area contributed by atoms with Gasteiger partial charge in [0.1, 0.15) is 5.75 Å². The number of aromatic hydroxyl groups is 1. The van der Waals surface area contributed by atoms with Gasteiger partial charge in [-0.3, -0.25) is 4.68 Å². The zero-order chi connectivity index (χ0) is 12.3. The zero-order valence-corrected chi connectivity index (χ0v) is 10.1. The van der Waals surface area contributed by atoms with E-state index in [0.717, 1.165) is 12.1 Å². The van der Waals surface area contributed by atoms with Crippen LogP contribution in [0.2, 0.25) is 0 Å². The van der Waals surface area contributed by atoms with E-state index in [1.54, 1.807) is 16.8 Å². The largest absolute Gasteiger partial charge is 0.508 e. The molecule has 0 aliphatic heterocycles. The molecule has 0 bridgehead atoms. The van der Waals surface area contributed by atoms with Crippen LogP contribution in [0.3, 0.4) is 0 Å². The van der Waals surface area contributed by atoms with Crippen molar-refractivity contribution in [3.63, 3.8) is 0 Å².